The Hall–Kier alpha value is 0.110. The zero-order chi connectivity index (χ0) is 12.8. The first-order chi connectivity index (χ1) is 7.10. The Labute approximate surface area is 99.5 Å². The van der Waals surface area contributed by atoms with E-state index in [1.165, 1.54) is 0 Å². The maximum atomic E-state index is 11.2. The first-order valence-corrected chi connectivity index (χ1v) is 6.85. The Morgan fingerprint density at radius 1 is 1.06 bits per heavy atom. The van der Waals surface area contributed by atoms with Gasteiger partial charge in [0.15, 0.2) is 0 Å². The van der Waals surface area contributed by atoms with Gasteiger partial charge >= 0.3 is 8.25 Å². The second-order valence-corrected chi connectivity index (χ2v) is 6.90. The van der Waals surface area contributed by atoms with E-state index in [0.29, 0.717) is 6.61 Å². The van der Waals surface area contributed by atoms with E-state index in [9.17, 15) is 4.57 Å². The topological polar surface area (TPSA) is 44.8 Å². The molecule has 0 aliphatic carbocycles. The highest BCUT2D eigenvalue weighted by molar-refractivity contribution is 7.33. The molecule has 0 aromatic heterocycles. The largest absolute Gasteiger partial charge is 0.347 e. The van der Waals surface area contributed by atoms with E-state index in [1.54, 1.807) is 0 Å². The Bertz CT molecular complexity index is 215. The van der Waals surface area contributed by atoms with Crippen molar-refractivity contribution in [3.05, 3.63) is 0 Å². The van der Waals surface area contributed by atoms with Gasteiger partial charge in [0.1, 0.15) is 0 Å². The molecule has 0 aromatic rings. The minimum atomic E-state index is -2.53. The summed E-state index contributed by atoms with van der Waals surface area (Å²) in [5.74, 6) is 0. The standard InChI is InChI=1S/C11H25O4P/c1-10(2,3)8-7-9-13-15-16(12)14-11(4,5)6/h16H,7-9H2,1-6H3. The van der Waals surface area contributed by atoms with Gasteiger partial charge in [-0.05, 0) is 39.0 Å². The number of hydrogen-bond acceptors (Lipinski definition) is 4. The molecule has 98 valence electrons. The van der Waals surface area contributed by atoms with Crippen LogP contribution < -0.4 is 0 Å². The van der Waals surface area contributed by atoms with Crippen LogP contribution in [0.2, 0.25) is 0 Å². The van der Waals surface area contributed by atoms with Gasteiger partial charge in [-0.3, -0.25) is 4.57 Å². The molecule has 0 rings (SSSR count). The molecular formula is C11H25O4P. The van der Waals surface area contributed by atoms with E-state index >= 15 is 0 Å². The Balaban J connectivity index is 3.50. The molecule has 0 aliphatic heterocycles. The summed E-state index contributed by atoms with van der Waals surface area (Å²) in [5.41, 5.74) is -0.179. The molecule has 1 atom stereocenters. The molecule has 4 nitrogen and oxygen atoms in total. The molecule has 0 fully saturated rings. The quantitative estimate of drug-likeness (QED) is 0.310. The summed E-state index contributed by atoms with van der Waals surface area (Å²) < 4.78 is 21.0. The van der Waals surface area contributed by atoms with Crippen LogP contribution in [0.1, 0.15) is 54.4 Å². The summed E-state index contributed by atoms with van der Waals surface area (Å²) in [6.45, 7) is 12.4. The second-order valence-electron chi connectivity index (χ2n) is 6.03. The SMILES string of the molecule is CC(C)(C)CCCOO[PH](=O)OC(C)(C)C. The molecule has 0 bridgehead atoms. The first kappa shape index (κ1) is 16.1. The molecule has 0 heterocycles. The molecule has 0 aliphatic rings. The molecule has 0 amide bonds. The van der Waals surface area contributed by atoms with Crippen molar-refractivity contribution >= 4 is 8.25 Å². The smallest absolute Gasteiger partial charge is 0.303 e. The summed E-state index contributed by atoms with van der Waals surface area (Å²) >= 11 is 0. The van der Waals surface area contributed by atoms with Crippen molar-refractivity contribution in [2.75, 3.05) is 6.61 Å². The second kappa shape index (κ2) is 6.75. The average Bonchev–Trinajstić information content (AvgIpc) is 1.97. The van der Waals surface area contributed by atoms with Crippen molar-refractivity contribution in [3.8, 4) is 0 Å². The fourth-order valence-electron chi connectivity index (χ4n) is 1.02. The van der Waals surface area contributed by atoms with Crippen LogP contribution in [-0.2, 0) is 18.7 Å². The third kappa shape index (κ3) is 12.2. The van der Waals surface area contributed by atoms with Crippen LogP contribution in [0.4, 0.5) is 0 Å². The van der Waals surface area contributed by atoms with Crippen LogP contribution in [0, 0.1) is 5.41 Å². The molecule has 0 radical (unpaired) electrons. The van der Waals surface area contributed by atoms with Crippen LogP contribution >= 0.6 is 8.25 Å². The van der Waals surface area contributed by atoms with Crippen molar-refractivity contribution in [2.24, 2.45) is 5.41 Å². The highest BCUT2D eigenvalue weighted by atomic mass is 31.1. The number of hydrogen-bond donors (Lipinski definition) is 0. The van der Waals surface area contributed by atoms with Crippen LogP contribution in [0.3, 0.4) is 0 Å². The van der Waals surface area contributed by atoms with Crippen LogP contribution in [0.25, 0.3) is 0 Å². The average molecular weight is 252 g/mol. The van der Waals surface area contributed by atoms with E-state index < -0.39 is 13.9 Å². The summed E-state index contributed by atoms with van der Waals surface area (Å²) in [6, 6.07) is 0. The number of rotatable bonds is 6. The minimum Gasteiger partial charge on any atom is -0.303 e. The van der Waals surface area contributed by atoms with E-state index in [2.05, 4.69) is 25.4 Å². The molecule has 0 N–H and O–H groups in total. The molecule has 5 heteroatoms. The molecule has 1 unspecified atom stereocenters. The highest BCUT2D eigenvalue weighted by Gasteiger charge is 2.15. The van der Waals surface area contributed by atoms with Crippen LogP contribution in [0.5, 0.6) is 0 Å². The zero-order valence-electron chi connectivity index (χ0n) is 11.3. The molecule has 0 saturated carbocycles. The Kier molecular flexibility index (Phi) is 6.80. The predicted molar refractivity (Wildman–Crippen MR) is 65.6 cm³/mol. The molecule has 0 spiro atoms. The van der Waals surface area contributed by atoms with Crippen molar-refractivity contribution in [3.63, 3.8) is 0 Å². The molecule has 0 aromatic carbocycles. The van der Waals surface area contributed by atoms with Crippen LogP contribution in [0.15, 0.2) is 0 Å². The lowest BCUT2D eigenvalue weighted by atomic mass is 9.91. The van der Waals surface area contributed by atoms with Gasteiger partial charge in [0.05, 0.1) is 12.2 Å². The van der Waals surface area contributed by atoms with Crippen molar-refractivity contribution in [1.82, 2.24) is 0 Å². The van der Waals surface area contributed by atoms with Crippen LogP contribution in [-0.4, -0.2) is 12.2 Å². The fraction of sp³-hybridized carbons (Fsp3) is 1.00. The van der Waals surface area contributed by atoms with E-state index in [4.69, 9.17) is 9.41 Å². The first-order valence-electron chi connectivity index (χ1n) is 5.63. The Morgan fingerprint density at radius 2 is 1.62 bits per heavy atom. The lowest BCUT2D eigenvalue weighted by Crippen LogP contribution is -2.15. The molecular weight excluding hydrogens is 227 g/mol. The normalized spacial score (nSPS) is 15.1. The van der Waals surface area contributed by atoms with Gasteiger partial charge < -0.3 is 4.52 Å². The van der Waals surface area contributed by atoms with Gasteiger partial charge in [0, 0.05) is 0 Å². The monoisotopic (exact) mass is 252 g/mol. The maximum Gasteiger partial charge on any atom is 0.347 e. The summed E-state index contributed by atoms with van der Waals surface area (Å²) in [4.78, 5) is 4.84. The van der Waals surface area contributed by atoms with E-state index in [0.717, 1.165) is 12.8 Å². The molecule has 16 heavy (non-hydrogen) atoms. The summed E-state index contributed by atoms with van der Waals surface area (Å²) in [7, 11) is -2.53. The van der Waals surface area contributed by atoms with Crippen molar-refractivity contribution in [1.29, 1.82) is 0 Å². The maximum absolute atomic E-state index is 11.2. The van der Waals surface area contributed by atoms with Gasteiger partial charge in [0.25, 0.3) is 0 Å². The Morgan fingerprint density at radius 3 is 2.06 bits per heavy atom. The minimum absolute atomic E-state index is 0.288. The lowest BCUT2D eigenvalue weighted by molar-refractivity contribution is -0.213. The predicted octanol–water partition coefficient (Wildman–Crippen LogP) is 3.97. The third-order valence-electron chi connectivity index (χ3n) is 1.67. The van der Waals surface area contributed by atoms with Gasteiger partial charge in [-0.2, -0.15) is 4.67 Å². The third-order valence-corrected chi connectivity index (χ3v) is 2.70. The fourth-order valence-corrected chi connectivity index (χ4v) is 1.73. The highest BCUT2D eigenvalue weighted by Crippen LogP contribution is 2.31. The zero-order valence-corrected chi connectivity index (χ0v) is 12.3. The van der Waals surface area contributed by atoms with Gasteiger partial charge in [-0.1, -0.05) is 20.8 Å². The van der Waals surface area contributed by atoms with Gasteiger partial charge in [-0.25, -0.2) is 4.89 Å². The van der Waals surface area contributed by atoms with Crippen molar-refractivity contribution in [2.45, 2.75) is 60.0 Å². The summed E-state index contributed by atoms with van der Waals surface area (Å²) in [6.07, 6.45) is 1.92. The summed E-state index contributed by atoms with van der Waals surface area (Å²) in [5, 5.41) is 0. The van der Waals surface area contributed by atoms with E-state index in [-0.39, 0.29) is 5.41 Å². The lowest BCUT2D eigenvalue weighted by Gasteiger charge is -2.19. The van der Waals surface area contributed by atoms with E-state index in [1.807, 2.05) is 20.8 Å². The van der Waals surface area contributed by atoms with Crippen molar-refractivity contribution < 1.29 is 18.7 Å². The molecule has 0 saturated heterocycles. The van der Waals surface area contributed by atoms with Gasteiger partial charge in [-0.15, -0.1) is 0 Å². The van der Waals surface area contributed by atoms with Gasteiger partial charge in [0.2, 0.25) is 0 Å².